The Hall–Kier alpha value is -2.19. The average Bonchev–Trinajstić information content (AvgIpc) is 2.37. The number of rotatable bonds is 7. The van der Waals surface area contributed by atoms with Gasteiger partial charge < -0.3 is 10.4 Å². The standard InChI is InChI=1S/C13H16N2O5S/c1-3-4-12(13(17)18)15-21(19,20)11-7-5-10(6-8-11)14-9(2)16/h3,5-8,12,15H,1,4H2,2H3,(H,14,16)(H,17,18). The molecule has 0 aliphatic heterocycles. The SMILES string of the molecule is C=CCC(NS(=O)(=O)c1ccc(NC(C)=O)cc1)C(=O)O. The molecule has 0 radical (unpaired) electrons. The summed E-state index contributed by atoms with van der Waals surface area (Å²) in [6, 6.07) is 4.11. The van der Waals surface area contributed by atoms with Crippen LogP contribution in [0.25, 0.3) is 0 Å². The van der Waals surface area contributed by atoms with E-state index in [9.17, 15) is 18.0 Å². The first-order valence-corrected chi connectivity index (χ1v) is 7.48. The van der Waals surface area contributed by atoms with Crippen molar-refractivity contribution >= 4 is 27.6 Å². The minimum atomic E-state index is -3.96. The number of sulfonamides is 1. The normalized spacial score (nSPS) is 12.4. The van der Waals surface area contributed by atoms with Crippen LogP contribution in [0.4, 0.5) is 5.69 Å². The van der Waals surface area contributed by atoms with Crippen molar-refractivity contribution in [3.05, 3.63) is 36.9 Å². The molecule has 0 spiro atoms. The van der Waals surface area contributed by atoms with Crippen LogP contribution < -0.4 is 10.0 Å². The topological polar surface area (TPSA) is 113 Å². The molecule has 21 heavy (non-hydrogen) atoms. The third-order valence-corrected chi connectivity index (χ3v) is 3.97. The van der Waals surface area contributed by atoms with Gasteiger partial charge in [0.15, 0.2) is 0 Å². The van der Waals surface area contributed by atoms with Crippen LogP contribution in [0.3, 0.4) is 0 Å². The molecule has 0 heterocycles. The van der Waals surface area contributed by atoms with Crippen molar-refractivity contribution < 1.29 is 23.1 Å². The van der Waals surface area contributed by atoms with Gasteiger partial charge >= 0.3 is 5.97 Å². The molecule has 0 aliphatic rings. The predicted octanol–water partition coefficient (Wildman–Crippen LogP) is 0.953. The zero-order valence-electron chi connectivity index (χ0n) is 11.4. The number of amides is 1. The van der Waals surface area contributed by atoms with E-state index in [2.05, 4.69) is 16.6 Å². The fraction of sp³-hybridized carbons (Fsp3) is 0.231. The van der Waals surface area contributed by atoms with Crippen LogP contribution >= 0.6 is 0 Å². The van der Waals surface area contributed by atoms with Crippen molar-refractivity contribution in [3.63, 3.8) is 0 Å². The number of hydrogen-bond acceptors (Lipinski definition) is 4. The van der Waals surface area contributed by atoms with Crippen LogP contribution in [0, 0.1) is 0 Å². The van der Waals surface area contributed by atoms with Crippen molar-refractivity contribution in [1.82, 2.24) is 4.72 Å². The molecule has 114 valence electrons. The molecule has 0 fully saturated rings. The second-order valence-electron chi connectivity index (χ2n) is 4.24. The average molecular weight is 312 g/mol. The largest absolute Gasteiger partial charge is 0.480 e. The molecular weight excluding hydrogens is 296 g/mol. The van der Waals surface area contributed by atoms with Crippen LogP contribution in [-0.4, -0.2) is 31.4 Å². The van der Waals surface area contributed by atoms with E-state index in [1.807, 2.05) is 0 Å². The number of hydrogen-bond donors (Lipinski definition) is 3. The summed E-state index contributed by atoms with van der Waals surface area (Å²) in [4.78, 5) is 21.7. The second-order valence-corrected chi connectivity index (χ2v) is 5.96. The highest BCUT2D eigenvalue weighted by Crippen LogP contribution is 2.14. The lowest BCUT2D eigenvalue weighted by Crippen LogP contribution is -2.40. The van der Waals surface area contributed by atoms with E-state index in [1.54, 1.807) is 0 Å². The number of aliphatic carboxylic acids is 1. The zero-order chi connectivity index (χ0) is 16.0. The van der Waals surface area contributed by atoms with Crippen molar-refractivity contribution in [2.24, 2.45) is 0 Å². The maximum Gasteiger partial charge on any atom is 0.322 e. The molecule has 0 bridgehead atoms. The summed E-state index contributed by atoms with van der Waals surface area (Å²) in [6.07, 6.45) is 1.29. The maximum absolute atomic E-state index is 12.1. The molecule has 8 heteroatoms. The number of carboxylic acids is 1. The molecule has 7 nitrogen and oxygen atoms in total. The van der Waals surface area contributed by atoms with Gasteiger partial charge in [0.25, 0.3) is 0 Å². The molecule has 1 aromatic carbocycles. The van der Waals surface area contributed by atoms with Gasteiger partial charge in [-0.15, -0.1) is 6.58 Å². The monoisotopic (exact) mass is 312 g/mol. The van der Waals surface area contributed by atoms with Gasteiger partial charge in [-0.2, -0.15) is 4.72 Å². The number of anilines is 1. The van der Waals surface area contributed by atoms with Crippen LogP contribution in [-0.2, 0) is 19.6 Å². The Morgan fingerprint density at radius 3 is 2.33 bits per heavy atom. The van der Waals surface area contributed by atoms with Gasteiger partial charge in [-0.1, -0.05) is 6.08 Å². The fourth-order valence-corrected chi connectivity index (χ4v) is 2.74. The molecular formula is C13H16N2O5S. The van der Waals surface area contributed by atoms with Gasteiger partial charge in [0.1, 0.15) is 6.04 Å². The molecule has 1 atom stereocenters. The van der Waals surface area contributed by atoms with E-state index in [4.69, 9.17) is 5.11 Å². The summed E-state index contributed by atoms with van der Waals surface area (Å²) in [7, 11) is -3.96. The third kappa shape index (κ3) is 5.01. The summed E-state index contributed by atoms with van der Waals surface area (Å²) in [6.45, 7) is 4.72. The lowest BCUT2D eigenvalue weighted by Gasteiger charge is -2.13. The van der Waals surface area contributed by atoms with Gasteiger partial charge in [-0.3, -0.25) is 9.59 Å². The van der Waals surface area contributed by atoms with E-state index in [0.29, 0.717) is 5.69 Å². The highest BCUT2D eigenvalue weighted by Gasteiger charge is 2.24. The number of carboxylic acid groups (broad SMARTS) is 1. The zero-order valence-corrected chi connectivity index (χ0v) is 12.2. The molecule has 3 N–H and O–H groups in total. The van der Waals surface area contributed by atoms with Gasteiger partial charge in [0.2, 0.25) is 15.9 Å². The Kier molecular flexibility index (Phi) is 5.62. The quantitative estimate of drug-likeness (QED) is 0.649. The van der Waals surface area contributed by atoms with Crippen LogP contribution in [0.15, 0.2) is 41.8 Å². The molecule has 1 rings (SSSR count). The summed E-state index contributed by atoms with van der Waals surface area (Å²) in [5.74, 6) is -1.56. The summed E-state index contributed by atoms with van der Waals surface area (Å²) in [5, 5.41) is 11.4. The number of nitrogens with one attached hydrogen (secondary N) is 2. The Morgan fingerprint density at radius 2 is 1.90 bits per heavy atom. The summed E-state index contributed by atoms with van der Waals surface area (Å²) >= 11 is 0. The van der Waals surface area contributed by atoms with Crippen LogP contribution in [0.5, 0.6) is 0 Å². The predicted molar refractivity (Wildman–Crippen MR) is 77.3 cm³/mol. The van der Waals surface area contributed by atoms with E-state index in [0.717, 1.165) is 0 Å². The van der Waals surface area contributed by atoms with E-state index in [1.165, 1.54) is 37.3 Å². The van der Waals surface area contributed by atoms with Crippen molar-refractivity contribution in [3.8, 4) is 0 Å². The number of benzene rings is 1. The van der Waals surface area contributed by atoms with E-state index in [-0.39, 0.29) is 17.2 Å². The molecule has 0 aliphatic carbocycles. The smallest absolute Gasteiger partial charge is 0.322 e. The molecule has 1 amide bonds. The highest BCUT2D eigenvalue weighted by molar-refractivity contribution is 7.89. The first-order valence-electron chi connectivity index (χ1n) is 6.00. The van der Waals surface area contributed by atoms with Crippen LogP contribution in [0.1, 0.15) is 13.3 Å². The maximum atomic E-state index is 12.1. The lowest BCUT2D eigenvalue weighted by atomic mass is 10.2. The Morgan fingerprint density at radius 1 is 1.33 bits per heavy atom. The molecule has 0 saturated carbocycles. The Bertz CT molecular complexity index is 637. The van der Waals surface area contributed by atoms with Crippen molar-refractivity contribution in [1.29, 1.82) is 0 Å². The number of carbonyl (C=O) groups excluding carboxylic acids is 1. The minimum Gasteiger partial charge on any atom is -0.480 e. The Balaban J connectivity index is 2.94. The fourth-order valence-electron chi connectivity index (χ4n) is 1.54. The van der Waals surface area contributed by atoms with Gasteiger partial charge in [0.05, 0.1) is 4.90 Å². The van der Waals surface area contributed by atoms with Crippen molar-refractivity contribution in [2.45, 2.75) is 24.3 Å². The van der Waals surface area contributed by atoms with E-state index >= 15 is 0 Å². The van der Waals surface area contributed by atoms with Gasteiger partial charge in [-0.05, 0) is 30.7 Å². The lowest BCUT2D eigenvalue weighted by molar-refractivity contribution is -0.138. The third-order valence-electron chi connectivity index (χ3n) is 2.48. The molecule has 0 aromatic heterocycles. The van der Waals surface area contributed by atoms with Crippen LogP contribution in [0.2, 0.25) is 0 Å². The van der Waals surface area contributed by atoms with E-state index < -0.39 is 22.0 Å². The first-order chi connectivity index (χ1) is 9.76. The highest BCUT2D eigenvalue weighted by atomic mass is 32.2. The molecule has 1 unspecified atom stereocenters. The van der Waals surface area contributed by atoms with Gasteiger partial charge in [-0.25, -0.2) is 8.42 Å². The molecule has 1 aromatic rings. The van der Waals surface area contributed by atoms with Crippen molar-refractivity contribution in [2.75, 3.05) is 5.32 Å². The first kappa shape index (κ1) is 16.9. The Labute approximate surface area is 122 Å². The van der Waals surface area contributed by atoms with Gasteiger partial charge in [0, 0.05) is 12.6 Å². The molecule has 0 saturated heterocycles. The number of carbonyl (C=O) groups is 2. The minimum absolute atomic E-state index is 0.0292. The summed E-state index contributed by atoms with van der Waals surface area (Å²) < 4.78 is 26.2. The second kappa shape index (κ2) is 7.00. The summed E-state index contributed by atoms with van der Waals surface area (Å²) in [5.41, 5.74) is 0.447.